The molecule has 0 heterocycles. The van der Waals surface area contributed by atoms with Gasteiger partial charge in [0.2, 0.25) is 0 Å². The molecule has 86 valence electrons. The minimum atomic E-state index is -2.28. The highest BCUT2D eigenvalue weighted by molar-refractivity contribution is 7.33. The predicted octanol–water partition coefficient (Wildman–Crippen LogP) is 0.887. The van der Waals surface area contributed by atoms with Crippen LogP contribution in [0.15, 0.2) is 0 Å². The minimum absolute atomic E-state index is 0.464. The number of unbranched alkanes of at least 4 members (excludes halogenated alkanes) is 2. The summed E-state index contributed by atoms with van der Waals surface area (Å²) in [5, 5.41) is 0. The summed E-state index contributed by atoms with van der Waals surface area (Å²) >= 11 is 0. The van der Waals surface area contributed by atoms with E-state index in [1.54, 1.807) is 0 Å². The molecule has 0 aromatic heterocycles. The standard InChI is InChI=1S/C8H21N2O3P/c9-5-1-3-7-12-14(11)13-8-4-2-6-10/h14H,1-10H2. The maximum Gasteiger partial charge on any atom is 0.319 e. The summed E-state index contributed by atoms with van der Waals surface area (Å²) in [6.45, 7) is 2.21. The van der Waals surface area contributed by atoms with Crippen LogP contribution in [0, 0.1) is 0 Å². The van der Waals surface area contributed by atoms with Crippen molar-refractivity contribution >= 4 is 8.25 Å². The van der Waals surface area contributed by atoms with E-state index < -0.39 is 8.25 Å². The highest BCUT2D eigenvalue weighted by Gasteiger charge is 1.98. The van der Waals surface area contributed by atoms with Crippen molar-refractivity contribution in [2.24, 2.45) is 11.5 Å². The molecule has 0 aliphatic carbocycles. The molecule has 0 aliphatic heterocycles. The van der Waals surface area contributed by atoms with E-state index in [-0.39, 0.29) is 0 Å². The molecule has 0 unspecified atom stereocenters. The quantitative estimate of drug-likeness (QED) is 0.425. The summed E-state index contributed by atoms with van der Waals surface area (Å²) in [6, 6.07) is 0. The van der Waals surface area contributed by atoms with Crippen molar-refractivity contribution in [1.82, 2.24) is 0 Å². The van der Waals surface area contributed by atoms with Gasteiger partial charge in [-0.25, -0.2) is 0 Å². The minimum Gasteiger partial charge on any atom is -0.330 e. The van der Waals surface area contributed by atoms with Gasteiger partial charge in [-0.2, -0.15) is 0 Å². The SMILES string of the molecule is NCCCCO[PH](=O)OCCCCN. The van der Waals surface area contributed by atoms with Crippen molar-refractivity contribution in [3.63, 3.8) is 0 Å². The van der Waals surface area contributed by atoms with E-state index >= 15 is 0 Å². The van der Waals surface area contributed by atoms with E-state index in [2.05, 4.69) is 0 Å². The first kappa shape index (κ1) is 14.1. The summed E-state index contributed by atoms with van der Waals surface area (Å²) in [5.74, 6) is 0. The monoisotopic (exact) mass is 224 g/mol. The molecule has 6 heteroatoms. The number of nitrogens with two attached hydrogens (primary N) is 2. The number of hydrogen-bond acceptors (Lipinski definition) is 5. The predicted molar refractivity (Wildman–Crippen MR) is 57.5 cm³/mol. The molecule has 0 aromatic rings. The van der Waals surface area contributed by atoms with Gasteiger partial charge in [-0.1, -0.05) is 0 Å². The Morgan fingerprint density at radius 2 is 1.29 bits per heavy atom. The van der Waals surface area contributed by atoms with Crippen molar-refractivity contribution in [3.8, 4) is 0 Å². The van der Waals surface area contributed by atoms with Crippen molar-refractivity contribution in [2.45, 2.75) is 25.7 Å². The van der Waals surface area contributed by atoms with Crippen LogP contribution in [0.5, 0.6) is 0 Å². The van der Waals surface area contributed by atoms with E-state index in [1.165, 1.54) is 0 Å². The van der Waals surface area contributed by atoms with Crippen LogP contribution in [0.2, 0.25) is 0 Å². The highest BCUT2D eigenvalue weighted by Crippen LogP contribution is 2.24. The van der Waals surface area contributed by atoms with Gasteiger partial charge in [-0.3, -0.25) is 4.57 Å². The van der Waals surface area contributed by atoms with Crippen LogP contribution < -0.4 is 11.5 Å². The fourth-order valence-electron chi connectivity index (χ4n) is 0.845. The summed E-state index contributed by atoms with van der Waals surface area (Å²) in [4.78, 5) is 0. The molecule has 0 atom stereocenters. The Morgan fingerprint density at radius 3 is 1.64 bits per heavy atom. The zero-order chi connectivity index (χ0) is 10.6. The van der Waals surface area contributed by atoms with Gasteiger partial charge < -0.3 is 20.5 Å². The van der Waals surface area contributed by atoms with Crippen molar-refractivity contribution in [2.75, 3.05) is 26.3 Å². The molecule has 0 rings (SSSR count). The van der Waals surface area contributed by atoms with E-state index in [0.29, 0.717) is 26.3 Å². The second-order valence-corrected chi connectivity index (χ2v) is 4.02. The Labute approximate surface area is 86.1 Å². The third-order valence-corrected chi connectivity index (χ3v) is 2.52. The maximum absolute atomic E-state index is 11.0. The molecule has 4 N–H and O–H groups in total. The summed E-state index contributed by atoms with van der Waals surface area (Å²) < 4.78 is 21.0. The summed E-state index contributed by atoms with van der Waals surface area (Å²) in [5.41, 5.74) is 10.6. The Hall–Kier alpha value is 0.0700. The Morgan fingerprint density at radius 1 is 0.857 bits per heavy atom. The van der Waals surface area contributed by atoms with E-state index in [9.17, 15) is 4.57 Å². The van der Waals surface area contributed by atoms with Crippen LogP contribution in [0.3, 0.4) is 0 Å². The topological polar surface area (TPSA) is 87.6 Å². The molecule has 0 saturated carbocycles. The molecule has 0 spiro atoms. The maximum atomic E-state index is 11.0. The van der Waals surface area contributed by atoms with Crippen LogP contribution in [0.1, 0.15) is 25.7 Å². The van der Waals surface area contributed by atoms with E-state index in [1.807, 2.05) is 0 Å². The molecular formula is C8H21N2O3P. The smallest absolute Gasteiger partial charge is 0.319 e. The van der Waals surface area contributed by atoms with Crippen LogP contribution in [-0.4, -0.2) is 26.3 Å². The molecule has 0 aliphatic rings. The van der Waals surface area contributed by atoms with Gasteiger partial charge in [-0.15, -0.1) is 0 Å². The number of rotatable bonds is 10. The zero-order valence-electron chi connectivity index (χ0n) is 8.54. The molecule has 0 radical (unpaired) electrons. The lowest BCUT2D eigenvalue weighted by atomic mass is 10.3. The summed E-state index contributed by atoms with van der Waals surface area (Å²) in [6.07, 6.45) is 3.45. The average molecular weight is 224 g/mol. The van der Waals surface area contributed by atoms with Gasteiger partial charge in [0.25, 0.3) is 0 Å². The van der Waals surface area contributed by atoms with Gasteiger partial charge >= 0.3 is 8.25 Å². The highest BCUT2D eigenvalue weighted by atomic mass is 31.1. The lowest BCUT2D eigenvalue weighted by Gasteiger charge is -2.04. The molecule has 0 bridgehead atoms. The molecule has 14 heavy (non-hydrogen) atoms. The Kier molecular flexibility index (Phi) is 11.2. The molecule has 0 saturated heterocycles. The van der Waals surface area contributed by atoms with Crippen LogP contribution in [0.25, 0.3) is 0 Å². The lowest BCUT2D eigenvalue weighted by molar-refractivity contribution is 0.220. The third kappa shape index (κ3) is 10.2. The van der Waals surface area contributed by atoms with Crippen molar-refractivity contribution in [1.29, 1.82) is 0 Å². The molecular weight excluding hydrogens is 203 g/mol. The van der Waals surface area contributed by atoms with Gasteiger partial charge in [0.1, 0.15) is 0 Å². The fourth-order valence-corrected chi connectivity index (χ4v) is 1.55. The zero-order valence-corrected chi connectivity index (χ0v) is 9.54. The second-order valence-electron chi connectivity index (χ2n) is 2.94. The number of hydrogen-bond donors (Lipinski definition) is 2. The second kappa shape index (κ2) is 11.1. The van der Waals surface area contributed by atoms with Crippen LogP contribution in [0.4, 0.5) is 0 Å². The van der Waals surface area contributed by atoms with E-state index in [4.69, 9.17) is 20.5 Å². The summed E-state index contributed by atoms with van der Waals surface area (Å²) in [7, 11) is -2.28. The fraction of sp³-hybridized carbons (Fsp3) is 1.00. The molecule has 0 amide bonds. The third-order valence-electron chi connectivity index (χ3n) is 1.64. The van der Waals surface area contributed by atoms with Gasteiger partial charge in [0.05, 0.1) is 13.2 Å². The lowest BCUT2D eigenvalue weighted by Crippen LogP contribution is -2.01. The van der Waals surface area contributed by atoms with E-state index in [0.717, 1.165) is 25.7 Å². The first-order chi connectivity index (χ1) is 6.81. The van der Waals surface area contributed by atoms with Gasteiger partial charge in [0.15, 0.2) is 0 Å². The molecule has 0 fully saturated rings. The largest absolute Gasteiger partial charge is 0.330 e. The average Bonchev–Trinajstić information content (AvgIpc) is 2.19. The van der Waals surface area contributed by atoms with Crippen LogP contribution >= 0.6 is 8.25 Å². The molecule has 5 nitrogen and oxygen atoms in total. The normalized spacial score (nSPS) is 11.1. The van der Waals surface area contributed by atoms with Gasteiger partial charge in [-0.05, 0) is 38.8 Å². The first-order valence-corrected chi connectivity index (χ1v) is 6.23. The Bertz CT molecular complexity index is 133. The first-order valence-electron chi connectivity index (χ1n) is 5.01. The Balaban J connectivity index is 3.11. The van der Waals surface area contributed by atoms with Crippen molar-refractivity contribution in [3.05, 3.63) is 0 Å². The molecule has 0 aromatic carbocycles. The van der Waals surface area contributed by atoms with Crippen molar-refractivity contribution < 1.29 is 13.6 Å². The van der Waals surface area contributed by atoms with Crippen LogP contribution in [-0.2, 0) is 13.6 Å². The van der Waals surface area contributed by atoms with Gasteiger partial charge in [0, 0.05) is 0 Å².